The van der Waals surface area contributed by atoms with Gasteiger partial charge >= 0.3 is 0 Å². The van der Waals surface area contributed by atoms with Crippen LogP contribution in [-0.2, 0) is 0 Å². The molecule has 0 rings (SSSR count). The van der Waals surface area contributed by atoms with Crippen LogP contribution in [0.15, 0.2) is 0 Å². The Balaban J connectivity index is -0.0000000465. The second-order valence-corrected chi connectivity index (χ2v) is 2.07. The van der Waals surface area contributed by atoms with Crippen LogP contribution in [0.3, 0.4) is 0 Å². The topological polar surface area (TPSA) is 85.1 Å². The molecule has 0 atom stereocenters. The van der Waals surface area contributed by atoms with Crippen molar-refractivity contribution in [3.63, 3.8) is 0 Å². The minimum absolute atomic E-state index is 0. The highest BCUT2D eigenvalue weighted by atomic mass is 14.8. The molecule has 0 saturated heterocycles. The van der Waals surface area contributed by atoms with Gasteiger partial charge in [-0.2, -0.15) is 0 Å². The highest BCUT2D eigenvalue weighted by Crippen LogP contribution is 1.47. The largest absolute Gasteiger partial charge is 0.344 e. The standard InChI is InChI=1S/C4H11N.C3H9N.C2H7N.H3N/c1-3-5-4-2;1-3-4-2;1-2-3;/h5H,3-4H2,1-2H3;4H,3H2,1-2H3;2-3H2,1H3;1H3. The Morgan fingerprint density at radius 2 is 1.15 bits per heavy atom. The van der Waals surface area contributed by atoms with Gasteiger partial charge in [-0.3, -0.25) is 0 Å². The summed E-state index contributed by atoms with van der Waals surface area (Å²) in [5, 5.41) is 6.04. The van der Waals surface area contributed by atoms with Gasteiger partial charge in [-0.1, -0.05) is 27.7 Å². The zero-order valence-electron chi connectivity index (χ0n) is 10.1. The Morgan fingerprint density at radius 3 is 1.15 bits per heavy atom. The van der Waals surface area contributed by atoms with Gasteiger partial charge in [0.1, 0.15) is 0 Å². The van der Waals surface area contributed by atoms with Crippen molar-refractivity contribution >= 4 is 0 Å². The third kappa shape index (κ3) is 142. The van der Waals surface area contributed by atoms with Crippen molar-refractivity contribution in [3.8, 4) is 0 Å². The second-order valence-electron chi connectivity index (χ2n) is 2.07. The third-order valence-electron chi connectivity index (χ3n) is 0.854. The predicted octanol–water partition coefficient (Wildman–Crippen LogP) is 0.969. The molecule has 0 bridgehead atoms. The Morgan fingerprint density at radius 1 is 0.923 bits per heavy atom. The van der Waals surface area contributed by atoms with Gasteiger partial charge in [0.05, 0.1) is 0 Å². The summed E-state index contributed by atoms with van der Waals surface area (Å²) in [7, 11) is 1.93. The summed E-state index contributed by atoms with van der Waals surface area (Å²) in [5.74, 6) is 0. The first kappa shape index (κ1) is 23.0. The molecule has 0 spiro atoms. The molecule has 0 fully saturated rings. The molecule has 0 heterocycles. The normalized spacial score (nSPS) is 6.92. The smallest absolute Gasteiger partial charge is 0.00775 e. The van der Waals surface area contributed by atoms with Crippen molar-refractivity contribution in [2.75, 3.05) is 33.2 Å². The molecule has 0 saturated carbocycles. The molecule has 4 nitrogen and oxygen atoms in total. The Labute approximate surface area is 84.2 Å². The van der Waals surface area contributed by atoms with Crippen molar-refractivity contribution in [2.24, 2.45) is 5.73 Å². The molecule has 13 heavy (non-hydrogen) atoms. The van der Waals surface area contributed by atoms with E-state index in [2.05, 4.69) is 31.4 Å². The lowest BCUT2D eigenvalue weighted by molar-refractivity contribution is 0.762. The highest BCUT2D eigenvalue weighted by Gasteiger charge is 1.62. The first-order valence-corrected chi connectivity index (χ1v) is 4.80. The van der Waals surface area contributed by atoms with Crippen molar-refractivity contribution < 1.29 is 0 Å². The molecule has 0 aliphatic heterocycles. The summed E-state index contributed by atoms with van der Waals surface area (Å²) in [6.45, 7) is 12.2. The molecule has 7 N–H and O–H groups in total. The van der Waals surface area contributed by atoms with Gasteiger partial charge in [0, 0.05) is 0 Å². The number of hydrogen-bond donors (Lipinski definition) is 4. The first-order chi connectivity index (χ1) is 5.74. The Bertz CT molecular complexity index is 38.6. The van der Waals surface area contributed by atoms with Crippen LogP contribution in [0.1, 0.15) is 27.7 Å². The molecule has 0 aromatic carbocycles. The van der Waals surface area contributed by atoms with Crippen molar-refractivity contribution in [1.29, 1.82) is 0 Å². The van der Waals surface area contributed by atoms with Crippen LogP contribution in [0.25, 0.3) is 0 Å². The average molecular weight is 194 g/mol. The molecule has 0 aliphatic carbocycles. The predicted molar refractivity (Wildman–Crippen MR) is 63.6 cm³/mol. The van der Waals surface area contributed by atoms with Gasteiger partial charge < -0.3 is 22.5 Å². The van der Waals surface area contributed by atoms with Crippen LogP contribution in [0.4, 0.5) is 0 Å². The van der Waals surface area contributed by atoms with E-state index in [1.54, 1.807) is 0 Å². The van der Waals surface area contributed by atoms with Crippen LogP contribution in [0, 0.1) is 0 Å². The lowest BCUT2D eigenvalue weighted by Gasteiger charge is -1.86. The summed E-state index contributed by atoms with van der Waals surface area (Å²) in [5.41, 5.74) is 4.85. The van der Waals surface area contributed by atoms with E-state index >= 15 is 0 Å². The summed E-state index contributed by atoms with van der Waals surface area (Å²) in [6, 6.07) is 0. The van der Waals surface area contributed by atoms with Crippen LogP contribution < -0.4 is 22.5 Å². The molecule has 0 aromatic rings. The summed E-state index contributed by atoms with van der Waals surface area (Å²) < 4.78 is 0. The molecule has 4 heteroatoms. The number of nitrogens with one attached hydrogen (secondary N) is 2. The fourth-order valence-electron chi connectivity index (χ4n) is 0.250. The van der Waals surface area contributed by atoms with Gasteiger partial charge in [0.2, 0.25) is 0 Å². The van der Waals surface area contributed by atoms with E-state index in [1.165, 1.54) is 0 Å². The zero-order valence-corrected chi connectivity index (χ0v) is 10.1. The number of hydrogen-bond acceptors (Lipinski definition) is 4. The van der Waals surface area contributed by atoms with E-state index in [0.717, 1.165) is 26.2 Å². The van der Waals surface area contributed by atoms with Crippen molar-refractivity contribution in [3.05, 3.63) is 0 Å². The molecule has 0 amide bonds. The molecule has 0 aromatic heterocycles. The summed E-state index contributed by atoms with van der Waals surface area (Å²) >= 11 is 0. The number of nitrogens with two attached hydrogens (primary N) is 1. The van der Waals surface area contributed by atoms with E-state index < -0.39 is 0 Å². The van der Waals surface area contributed by atoms with Crippen LogP contribution in [0.2, 0.25) is 0 Å². The molecule has 0 unspecified atom stereocenters. The van der Waals surface area contributed by atoms with E-state index in [0.29, 0.717) is 0 Å². The zero-order chi connectivity index (χ0) is 10.2. The monoisotopic (exact) mass is 194 g/mol. The third-order valence-corrected chi connectivity index (χ3v) is 0.854. The van der Waals surface area contributed by atoms with Gasteiger partial charge in [0.25, 0.3) is 0 Å². The van der Waals surface area contributed by atoms with E-state index in [9.17, 15) is 0 Å². The SMILES string of the molecule is CCN.CCNC.CCNCC.N. The minimum Gasteiger partial charge on any atom is -0.344 e. The van der Waals surface area contributed by atoms with Crippen LogP contribution in [0.5, 0.6) is 0 Å². The van der Waals surface area contributed by atoms with Crippen LogP contribution in [-0.4, -0.2) is 33.2 Å². The average Bonchev–Trinajstić information content (AvgIpc) is 2.08. The van der Waals surface area contributed by atoms with Crippen LogP contribution >= 0.6 is 0 Å². The van der Waals surface area contributed by atoms with Gasteiger partial charge in [-0.15, -0.1) is 0 Å². The maximum atomic E-state index is 4.85. The van der Waals surface area contributed by atoms with E-state index in [4.69, 9.17) is 5.73 Å². The fourth-order valence-corrected chi connectivity index (χ4v) is 0.250. The molecule has 86 valence electrons. The fraction of sp³-hybridized carbons (Fsp3) is 1.00. The molecular weight excluding hydrogens is 164 g/mol. The first-order valence-electron chi connectivity index (χ1n) is 4.80. The molecule has 0 radical (unpaired) electrons. The summed E-state index contributed by atoms with van der Waals surface area (Å²) in [6.07, 6.45) is 0. The van der Waals surface area contributed by atoms with Crippen molar-refractivity contribution in [1.82, 2.24) is 16.8 Å². The van der Waals surface area contributed by atoms with Gasteiger partial charge in [-0.25, -0.2) is 0 Å². The van der Waals surface area contributed by atoms with Crippen molar-refractivity contribution in [2.45, 2.75) is 27.7 Å². The minimum atomic E-state index is 0. The summed E-state index contributed by atoms with van der Waals surface area (Å²) in [4.78, 5) is 0. The number of rotatable bonds is 3. The van der Waals surface area contributed by atoms with E-state index in [-0.39, 0.29) is 6.15 Å². The van der Waals surface area contributed by atoms with E-state index in [1.807, 2.05) is 14.0 Å². The highest BCUT2D eigenvalue weighted by molar-refractivity contribution is 4.27. The quantitative estimate of drug-likeness (QED) is 0.539. The Kier molecular flexibility index (Phi) is 72.3. The maximum absolute atomic E-state index is 4.85. The maximum Gasteiger partial charge on any atom is -0.00775 e. The second kappa shape index (κ2) is 40.8. The molecular formula is C9H30N4. The van der Waals surface area contributed by atoms with Gasteiger partial charge in [-0.05, 0) is 33.2 Å². The molecule has 0 aliphatic rings. The Hall–Kier alpha value is -0.160. The van der Waals surface area contributed by atoms with Gasteiger partial charge in [0.15, 0.2) is 0 Å². The lowest BCUT2D eigenvalue weighted by Crippen LogP contribution is -2.09. The lowest BCUT2D eigenvalue weighted by atomic mass is 10.7.